The van der Waals surface area contributed by atoms with Gasteiger partial charge in [0.1, 0.15) is 6.04 Å². The molecule has 0 radical (unpaired) electrons. The average molecular weight is 282 g/mol. The van der Waals surface area contributed by atoms with Crippen LogP contribution in [0.2, 0.25) is 0 Å². The highest BCUT2D eigenvalue weighted by Crippen LogP contribution is 2.24. The zero-order valence-corrected chi connectivity index (χ0v) is 11.2. The molecule has 0 aromatic heterocycles. The Kier molecular flexibility index (Phi) is 3.31. The van der Waals surface area contributed by atoms with E-state index in [9.17, 15) is 9.59 Å². The van der Waals surface area contributed by atoms with Crippen molar-refractivity contribution in [1.29, 1.82) is 0 Å². The van der Waals surface area contributed by atoms with E-state index in [-0.39, 0.29) is 12.3 Å². The summed E-state index contributed by atoms with van der Waals surface area (Å²) in [6, 6.07) is 12.7. The molecular formula is C16H14N2O3. The molecule has 1 atom stereocenters. The van der Waals surface area contributed by atoms with Crippen molar-refractivity contribution >= 4 is 28.3 Å². The summed E-state index contributed by atoms with van der Waals surface area (Å²) >= 11 is 0. The van der Waals surface area contributed by atoms with E-state index >= 15 is 0 Å². The van der Waals surface area contributed by atoms with Gasteiger partial charge in [-0.15, -0.1) is 0 Å². The van der Waals surface area contributed by atoms with Gasteiger partial charge >= 0.3 is 5.97 Å². The molecule has 0 fully saturated rings. The van der Waals surface area contributed by atoms with Crippen LogP contribution in [0.3, 0.4) is 0 Å². The van der Waals surface area contributed by atoms with Crippen molar-refractivity contribution in [3.63, 3.8) is 0 Å². The van der Waals surface area contributed by atoms with Crippen LogP contribution in [0, 0.1) is 0 Å². The van der Waals surface area contributed by atoms with Gasteiger partial charge < -0.3 is 15.7 Å². The molecule has 1 aliphatic rings. The minimum absolute atomic E-state index is 0.186. The van der Waals surface area contributed by atoms with Gasteiger partial charge in [-0.1, -0.05) is 36.4 Å². The van der Waals surface area contributed by atoms with E-state index in [4.69, 9.17) is 5.11 Å². The molecule has 5 heteroatoms. The lowest BCUT2D eigenvalue weighted by Crippen LogP contribution is -2.29. The highest BCUT2D eigenvalue weighted by Gasteiger charge is 2.26. The summed E-state index contributed by atoms with van der Waals surface area (Å²) in [4.78, 5) is 23.1. The first-order valence-electron chi connectivity index (χ1n) is 6.62. The summed E-state index contributed by atoms with van der Waals surface area (Å²) in [6.45, 7) is 0. The normalized spacial score (nSPS) is 17.1. The zero-order chi connectivity index (χ0) is 14.8. The summed E-state index contributed by atoms with van der Waals surface area (Å²) in [5.74, 6) is -1.23. The van der Waals surface area contributed by atoms with Gasteiger partial charge in [-0.05, 0) is 11.5 Å². The van der Waals surface area contributed by atoms with Crippen LogP contribution >= 0.6 is 0 Å². The molecule has 1 aliphatic heterocycles. The molecule has 3 N–H and O–H groups in total. The number of hydrogen-bond acceptors (Lipinski definition) is 3. The van der Waals surface area contributed by atoms with Gasteiger partial charge in [-0.25, -0.2) is 4.79 Å². The van der Waals surface area contributed by atoms with E-state index in [0.717, 1.165) is 16.5 Å². The van der Waals surface area contributed by atoms with E-state index < -0.39 is 12.0 Å². The Bertz CT molecular complexity index is 747. The van der Waals surface area contributed by atoms with Gasteiger partial charge in [0.05, 0.1) is 0 Å². The van der Waals surface area contributed by atoms with Crippen molar-refractivity contribution in [2.45, 2.75) is 12.5 Å². The lowest BCUT2D eigenvalue weighted by molar-refractivity contribution is -0.138. The second-order valence-electron chi connectivity index (χ2n) is 4.91. The minimum atomic E-state index is -0.959. The largest absolute Gasteiger partial charge is 0.480 e. The second kappa shape index (κ2) is 5.28. The van der Waals surface area contributed by atoms with Gasteiger partial charge in [0, 0.05) is 29.3 Å². The number of carbonyl (C=O) groups excluding carboxylic acids is 1. The van der Waals surface area contributed by atoms with E-state index in [1.807, 2.05) is 42.5 Å². The molecule has 106 valence electrons. The van der Waals surface area contributed by atoms with Gasteiger partial charge in [0.2, 0.25) is 0 Å². The number of nitrogens with one attached hydrogen (secondary N) is 2. The Labute approximate surface area is 121 Å². The number of aliphatic carboxylic acids is 1. The molecule has 0 saturated heterocycles. The van der Waals surface area contributed by atoms with Crippen LogP contribution in [0.25, 0.3) is 10.8 Å². The predicted molar refractivity (Wildman–Crippen MR) is 79.8 cm³/mol. The molecule has 1 heterocycles. The maximum absolute atomic E-state index is 12.2. The molecule has 3 rings (SSSR count). The standard InChI is InChI=1S/C16H14N2O3/c19-15(11-8-14(16(20)21)17-9-11)18-13-7-3-5-10-4-1-2-6-12(10)13/h1-7,9,14,17H,8H2,(H,18,19)(H,20,21). The molecule has 0 saturated carbocycles. The third kappa shape index (κ3) is 2.58. The Morgan fingerprint density at radius 3 is 2.67 bits per heavy atom. The molecular weight excluding hydrogens is 268 g/mol. The topological polar surface area (TPSA) is 78.4 Å². The third-order valence-electron chi connectivity index (χ3n) is 3.51. The first kappa shape index (κ1) is 13.2. The van der Waals surface area contributed by atoms with Crippen molar-refractivity contribution < 1.29 is 14.7 Å². The van der Waals surface area contributed by atoms with Crippen LogP contribution in [-0.2, 0) is 9.59 Å². The van der Waals surface area contributed by atoms with Crippen molar-refractivity contribution in [2.75, 3.05) is 5.32 Å². The summed E-state index contributed by atoms with van der Waals surface area (Å²) in [5, 5.41) is 16.4. The van der Waals surface area contributed by atoms with Crippen LogP contribution in [0.1, 0.15) is 6.42 Å². The number of carbonyl (C=O) groups is 2. The summed E-state index contributed by atoms with van der Waals surface area (Å²) < 4.78 is 0. The molecule has 0 spiro atoms. The number of carboxylic acids is 1. The van der Waals surface area contributed by atoms with Crippen LogP contribution in [-0.4, -0.2) is 23.0 Å². The summed E-state index contributed by atoms with van der Waals surface area (Å²) in [7, 11) is 0. The Morgan fingerprint density at radius 2 is 1.90 bits per heavy atom. The van der Waals surface area contributed by atoms with Gasteiger partial charge in [-0.2, -0.15) is 0 Å². The molecule has 21 heavy (non-hydrogen) atoms. The number of anilines is 1. The van der Waals surface area contributed by atoms with E-state index in [1.165, 1.54) is 6.20 Å². The monoisotopic (exact) mass is 282 g/mol. The molecule has 2 aromatic carbocycles. The number of benzene rings is 2. The third-order valence-corrected chi connectivity index (χ3v) is 3.51. The van der Waals surface area contributed by atoms with Gasteiger partial charge in [0.25, 0.3) is 5.91 Å². The van der Waals surface area contributed by atoms with Crippen LogP contribution in [0.5, 0.6) is 0 Å². The SMILES string of the molecule is O=C(Nc1cccc2ccccc12)C1=CNC(C(=O)O)C1. The molecule has 0 bridgehead atoms. The van der Waals surface area contributed by atoms with Crippen molar-refractivity contribution in [1.82, 2.24) is 5.32 Å². The van der Waals surface area contributed by atoms with Gasteiger partial charge in [0.15, 0.2) is 0 Å². The molecule has 1 unspecified atom stereocenters. The maximum atomic E-state index is 12.2. The zero-order valence-electron chi connectivity index (χ0n) is 11.2. The Morgan fingerprint density at radius 1 is 1.14 bits per heavy atom. The second-order valence-corrected chi connectivity index (χ2v) is 4.91. The molecule has 0 aliphatic carbocycles. The molecule has 2 aromatic rings. The minimum Gasteiger partial charge on any atom is -0.480 e. The van der Waals surface area contributed by atoms with Crippen LogP contribution < -0.4 is 10.6 Å². The van der Waals surface area contributed by atoms with Crippen molar-refractivity contribution in [2.24, 2.45) is 0 Å². The summed E-state index contributed by atoms with van der Waals surface area (Å²) in [6.07, 6.45) is 1.66. The number of rotatable bonds is 3. The Hall–Kier alpha value is -2.82. The van der Waals surface area contributed by atoms with Crippen molar-refractivity contribution in [3.8, 4) is 0 Å². The molecule has 5 nitrogen and oxygen atoms in total. The molecule has 1 amide bonds. The number of carboxylic acid groups (broad SMARTS) is 1. The van der Waals surface area contributed by atoms with Crippen molar-refractivity contribution in [3.05, 3.63) is 54.2 Å². The highest BCUT2D eigenvalue weighted by atomic mass is 16.4. The predicted octanol–water partition coefficient (Wildman–Crippen LogP) is 2.11. The highest BCUT2D eigenvalue weighted by molar-refractivity contribution is 6.09. The maximum Gasteiger partial charge on any atom is 0.326 e. The first-order chi connectivity index (χ1) is 10.1. The Balaban J connectivity index is 1.80. The number of amides is 1. The van der Waals surface area contributed by atoms with E-state index in [1.54, 1.807) is 0 Å². The average Bonchev–Trinajstić information content (AvgIpc) is 2.98. The number of fused-ring (bicyclic) bond motifs is 1. The van der Waals surface area contributed by atoms with Crippen LogP contribution in [0.4, 0.5) is 5.69 Å². The van der Waals surface area contributed by atoms with Gasteiger partial charge in [-0.3, -0.25) is 4.79 Å². The lowest BCUT2D eigenvalue weighted by atomic mass is 10.1. The fraction of sp³-hybridized carbons (Fsp3) is 0.125. The summed E-state index contributed by atoms with van der Waals surface area (Å²) in [5.41, 5.74) is 1.16. The first-order valence-corrected chi connectivity index (χ1v) is 6.62. The fourth-order valence-corrected chi connectivity index (χ4v) is 2.39. The van der Waals surface area contributed by atoms with E-state index in [0.29, 0.717) is 5.57 Å². The quantitative estimate of drug-likeness (QED) is 0.805. The smallest absolute Gasteiger partial charge is 0.326 e. The van der Waals surface area contributed by atoms with E-state index in [2.05, 4.69) is 10.6 Å². The fourth-order valence-electron chi connectivity index (χ4n) is 2.39. The van der Waals surface area contributed by atoms with Crippen LogP contribution in [0.15, 0.2) is 54.2 Å². The number of hydrogen-bond donors (Lipinski definition) is 3. The lowest BCUT2D eigenvalue weighted by Gasteiger charge is -2.09.